The van der Waals surface area contributed by atoms with Crippen LogP contribution in [-0.2, 0) is 6.04 Å². The third-order valence-electron chi connectivity index (χ3n) is 3.45. The number of nitrogens with zero attached hydrogens (tertiary/aromatic N) is 1. The highest BCUT2D eigenvalue weighted by Crippen LogP contribution is 2.27. The van der Waals surface area contributed by atoms with Gasteiger partial charge in [0.1, 0.15) is 0 Å². The van der Waals surface area contributed by atoms with Gasteiger partial charge >= 0.3 is 0 Å². The fraction of sp³-hybridized carbons (Fsp3) is 0.278. The van der Waals surface area contributed by atoms with Crippen LogP contribution in [0.4, 0.5) is 5.69 Å². The first-order valence-corrected chi connectivity index (χ1v) is 11.5. The molecule has 116 valence electrons. The Morgan fingerprint density at radius 2 is 1.73 bits per heavy atom. The first-order valence-electron chi connectivity index (χ1n) is 7.39. The molecule has 2 rings (SSSR count). The largest absolute Gasteiger partial charge is 0.311 e. The van der Waals surface area contributed by atoms with Crippen LogP contribution < -0.4 is 4.90 Å². The number of halogens is 1. The molecule has 0 spiro atoms. The first kappa shape index (κ1) is 16.8. The van der Waals surface area contributed by atoms with Gasteiger partial charge in [0.2, 0.25) is 0 Å². The van der Waals surface area contributed by atoms with Gasteiger partial charge in [-0.15, -0.1) is 0 Å². The Hall–Kier alpha value is -1.58. The van der Waals surface area contributed by atoms with Gasteiger partial charge < -0.3 is 4.90 Å². The second-order valence-electron chi connectivity index (χ2n) is 6.74. The maximum Gasteiger partial charge on any atom is 0.258 e. The minimum absolute atomic E-state index is 0.000233. The van der Waals surface area contributed by atoms with Crippen molar-refractivity contribution in [1.82, 2.24) is 0 Å². The fourth-order valence-electron chi connectivity index (χ4n) is 2.48. The van der Waals surface area contributed by atoms with Crippen LogP contribution in [0.5, 0.6) is 0 Å². The van der Waals surface area contributed by atoms with E-state index in [1.54, 1.807) is 4.90 Å². The molecule has 2 nitrogen and oxygen atoms in total. The molecule has 0 N–H and O–H groups in total. The molecule has 0 aliphatic rings. The van der Waals surface area contributed by atoms with Crippen molar-refractivity contribution in [1.29, 1.82) is 0 Å². The van der Waals surface area contributed by atoms with E-state index in [4.69, 9.17) is 11.6 Å². The molecule has 0 unspecified atom stereocenters. The zero-order chi connectivity index (χ0) is 16.3. The molecule has 0 saturated carbocycles. The van der Waals surface area contributed by atoms with Crippen molar-refractivity contribution in [2.45, 2.75) is 25.7 Å². The molecule has 2 aromatic rings. The topological polar surface area (TPSA) is 20.3 Å². The summed E-state index contributed by atoms with van der Waals surface area (Å²) >= 11 is 6.16. The zero-order valence-corrected chi connectivity index (χ0v) is 15.3. The lowest BCUT2D eigenvalue weighted by atomic mass is 10.1. The number of anilines is 1. The van der Waals surface area contributed by atoms with E-state index < -0.39 is 8.07 Å². The molecule has 0 fully saturated rings. The van der Waals surface area contributed by atoms with Gasteiger partial charge in [0.05, 0.1) is 0 Å². The lowest BCUT2D eigenvalue weighted by Gasteiger charge is -2.24. The second kappa shape index (κ2) is 6.67. The van der Waals surface area contributed by atoms with Crippen LogP contribution in [0.3, 0.4) is 0 Å². The van der Waals surface area contributed by atoms with Gasteiger partial charge in [0, 0.05) is 31.4 Å². The van der Waals surface area contributed by atoms with Gasteiger partial charge in [-0.2, -0.15) is 0 Å². The van der Waals surface area contributed by atoms with E-state index in [-0.39, 0.29) is 5.91 Å². The molecule has 4 heteroatoms. The molecular weight excluding hydrogens is 310 g/mol. The number of carbonyl (C=O) groups excluding carboxylic acids is 1. The molecule has 0 radical (unpaired) electrons. The van der Waals surface area contributed by atoms with Crippen molar-refractivity contribution in [2.24, 2.45) is 0 Å². The molecule has 0 bridgehead atoms. The van der Waals surface area contributed by atoms with Crippen molar-refractivity contribution >= 4 is 31.3 Å². The van der Waals surface area contributed by atoms with Crippen LogP contribution >= 0.6 is 11.6 Å². The van der Waals surface area contributed by atoms with Crippen molar-refractivity contribution in [2.75, 3.05) is 11.9 Å². The Kier molecular flexibility index (Phi) is 5.09. The maximum absolute atomic E-state index is 12.7. The van der Waals surface area contributed by atoms with Gasteiger partial charge in [0.25, 0.3) is 5.91 Å². The van der Waals surface area contributed by atoms with E-state index >= 15 is 0 Å². The molecule has 0 aliphatic heterocycles. The predicted octanol–water partition coefficient (Wildman–Crippen LogP) is 5.04. The predicted molar refractivity (Wildman–Crippen MR) is 97.7 cm³/mol. The summed E-state index contributed by atoms with van der Waals surface area (Å²) in [7, 11) is 0.517. The summed E-state index contributed by atoms with van der Waals surface area (Å²) < 4.78 is 0. The van der Waals surface area contributed by atoms with Crippen molar-refractivity contribution < 1.29 is 4.79 Å². The van der Waals surface area contributed by atoms with E-state index in [0.29, 0.717) is 5.56 Å². The Balaban J connectivity index is 2.37. The quantitative estimate of drug-likeness (QED) is 0.719. The van der Waals surface area contributed by atoms with Crippen molar-refractivity contribution in [3.63, 3.8) is 0 Å². The molecule has 22 heavy (non-hydrogen) atoms. The number of amides is 1. The monoisotopic (exact) mass is 331 g/mol. The average Bonchev–Trinajstić information content (AvgIpc) is 2.45. The summed E-state index contributed by atoms with van der Waals surface area (Å²) in [5.74, 6) is -0.000233. The summed E-state index contributed by atoms with van der Waals surface area (Å²) in [5.41, 5.74) is 2.79. The van der Waals surface area contributed by atoms with Gasteiger partial charge in [-0.25, -0.2) is 0 Å². The van der Waals surface area contributed by atoms with E-state index in [1.165, 1.54) is 0 Å². The van der Waals surface area contributed by atoms with Crippen molar-refractivity contribution in [3.8, 4) is 0 Å². The van der Waals surface area contributed by atoms with E-state index in [0.717, 1.165) is 22.3 Å². The number of hydrogen-bond donors (Lipinski definition) is 0. The fourth-order valence-corrected chi connectivity index (χ4v) is 4.10. The maximum atomic E-state index is 12.7. The third kappa shape index (κ3) is 4.21. The van der Waals surface area contributed by atoms with Crippen LogP contribution in [0.15, 0.2) is 48.5 Å². The molecular formula is C18H22ClNOSi. The Labute approximate surface area is 138 Å². The van der Waals surface area contributed by atoms with Crippen LogP contribution in [0.25, 0.3) is 0 Å². The molecule has 0 saturated heterocycles. The number of hydrogen-bond acceptors (Lipinski definition) is 1. The van der Waals surface area contributed by atoms with Gasteiger partial charge in [0.15, 0.2) is 0 Å². The van der Waals surface area contributed by atoms with Crippen molar-refractivity contribution in [3.05, 3.63) is 64.7 Å². The SMILES string of the molecule is CN(C(=O)c1ccccc1)c1ccc(Cl)cc1C[Si](C)(C)C. The van der Waals surface area contributed by atoms with Crippen LogP contribution in [-0.4, -0.2) is 21.0 Å². The Bertz CT molecular complexity index is 665. The average molecular weight is 332 g/mol. The molecule has 0 atom stereocenters. The molecule has 0 aliphatic carbocycles. The van der Waals surface area contributed by atoms with Crippen LogP contribution in [0.1, 0.15) is 15.9 Å². The first-order chi connectivity index (χ1) is 10.3. The van der Waals surface area contributed by atoms with Crippen LogP contribution in [0, 0.1) is 0 Å². The standard InChI is InChI=1S/C18H22ClNOSi/c1-20(18(21)14-8-6-5-7-9-14)17-11-10-16(19)12-15(17)13-22(2,3)4/h5-12H,13H2,1-4H3. The Morgan fingerprint density at radius 3 is 2.32 bits per heavy atom. The summed E-state index contributed by atoms with van der Waals surface area (Å²) in [6.45, 7) is 6.95. The van der Waals surface area contributed by atoms with Gasteiger partial charge in [-0.05, 0) is 41.9 Å². The molecule has 2 aromatic carbocycles. The number of benzene rings is 2. The summed E-state index contributed by atoms with van der Waals surface area (Å²) in [6.07, 6.45) is 0. The number of carbonyl (C=O) groups is 1. The molecule has 0 aromatic heterocycles. The van der Waals surface area contributed by atoms with E-state index in [2.05, 4.69) is 19.6 Å². The van der Waals surface area contributed by atoms with Gasteiger partial charge in [-0.3, -0.25) is 4.79 Å². The molecule has 1 amide bonds. The summed E-state index contributed by atoms with van der Waals surface area (Å²) in [5, 5.41) is 0.720. The third-order valence-corrected chi connectivity index (χ3v) is 5.13. The molecule has 0 heterocycles. The smallest absolute Gasteiger partial charge is 0.258 e. The van der Waals surface area contributed by atoms with Gasteiger partial charge in [-0.1, -0.05) is 49.4 Å². The lowest BCUT2D eigenvalue weighted by Crippen LogP contribution is -2.30. The minimum atomic E-state index is -1.31. The normalized spacial score (nSPS) is 11.3. The summed E-state index contributed by atoms with van der Waals surface area (Å²) in [4.78, 5) is 14.4. The van der Waals surface area contributed by atoms with Crippen LogP contribution in [0.2, 0.25) is 24.7 Å². The summed E-state index contributed by atoms with van der Waals surface area (Å²) in [6, 6.07) is 16.1. The second-order valence-corrected chi connectivity index (χ2v) is 12.7. The lowest BCUT2D eigenvalue weighted by molar-refractivity contribution is 0.0993. The number of rotatable bonds is 4. The highest BCUT2D eigenvalue weighted by atomic mass is 35.5. The zero-order valence-electron chi connectivity index (χ0n) is 13.6. The Morgan fingerprint density at radius 1 is 1.09 bits per heavy atom. The highest BCUT2D eigenvalue weighted by molar-refractivity contribution is 6.75. The highest BCUT2D eigenvalue weighted by Gasteiger charge is 2.21. The minimum Gasteiger partial charge on any atom is -0.311 e. The van der Waals surface area contributed by atoms with E-state index in [9.17, 15) is 4.79 Å². The van der Waals surface area contributed by atoms with E-state index in [1.807, 2.05) is 55.6 Å².